The monoisotopic (exact) mass is 765 g/mol. The van der Waals surface area contributed by atoms with Crippen molar-refractivity contribution >= 4 is 43.5 Å². The van der Waals surface area contributed by atoms with Crippen molar-refractivity contribution in [3.63, 3.8) is 0 Å². The Morgan fingerprint density at radius 3 is 1.70 bits per heavy atom. The quantitative estimate of drug-likeness (QED) is 0.175. The first-order valence-corrected chi connectivity index (χ1v) is 20.7. The lowest BCUT2D eigenvalue weighted by Gasteiger charge is -2.21. The molecular formula is C57H39N3. The van der Waals surface area contributed by atoms with Gasteiger partial charge in [0, 0.05) is 27.1 Å². The second kappa shape index (κ2) is 13.2. The average Bonchev–Trinajstić information content (AvgIpc) is 3.75. The maximum atomic E-state index is 5.67. The highest BCUT2D eigenvalue weighted by Gasteiger charge is 2.37. The van der Waals surface area contributed by atoms with E-state index in [4.69, 9.17) is 9.97 Å². The highest BCUT2D eigenvalue weighted by atomic mass is 15.2. The van der Waals surface area contributed by atoms with E-state index < -0.39 is 0 Å². The zero-order chi connectivity index (χ0) is 40.0. The Kier molecular flexibility index (Phi) is 7.58. The summed E-state index contributed by atoms with van der Waals surface area (Å²) in [6.07, 6.45) is 0. The molecule has 0 atom stereocenters. The topological polar surface area (TPSA) is 30.7 Å². The first kappa shape index (κ1) is 34.4. The van der Waals surface area contributed by atoms with Crippen LogP contribution >= 0.6 is 0 Å². The fraction of sp³-hybridized carbons (Fsp3) is 0.0526. The highest BCUT2D eigenvalue weighted by Crippen LogP contribution is 2.52. The van der Waals surface area contributed by atoms with E-state index in [9.17, 15) is 0 Å². The van der Waals surface area contributed by atoms with Gasteiger partial charge in [-0.25, -0.2) is 9.97 Å². The van der Waals surface area contributed by atoms with Gasteiger partial charge >= 0.3 is 0 Å². The van der Waals surface area contributed by atoms with Crippen molar-refractivity contribution in [3.8, 4) is 61.7 Å². The van der Waals surface area contributed by atoms with Crippen molar-refractivity contribution in [2.75, 3.05) is 0 Å². The molecule has 11 aromatic rings. The number of aromatic nitrogens is 3. The third-order valence-corrected chi connectivity index (χ3v) is 12.8. The summed E-state index contributed by atoms with van der Waals surface area (Å²) < 4.78 is 2.29. The molecule has 0 saturated carbocycles. The number of nitrogens with zero attached hydrogens (tertiary/aromatic N) is 3. The molecule has 2 heterocycles. The lowest BCUT2D eigenvalue weighted by Crippen LogP contribution is -2.14. The van der Waals surface area contributed by atoms with E-state index in [1.54, 1.807) is 0 Å². The van der Waals surface area contributed by atoms with Gasteiger partial charge in [-0.1, -0.05) is 178 Å². The SMILES string of the molecule is CC1(C)c2ccccc2-c2c(-c3nc(-n4c5ccc(-c6ccc(-c7ccccc7)cc6)cc5c5cc6ccccc6cc54)nc4cc(-c5ccccc5)ccc34)cccc21. The summed E-state index contributed by atoms with van der Waals surface area (Å²) in [4.78, 5) is 11.2. The summed E-state index contributed by atoms with van der Waals surface area (Å²) >= 11 is 0. The van der Waals surface area contributed by atoms with E-state index in [2.05, 4.69) is 219 Å². The largest absolute Gasteiger partial charge is 0.278 e. The Labute approximate surface area is 348 Å². The van der Waals surface area contributed by atoms with Crippen LogP contribution in [0, 0.1) is 0 Å². The molecule has 0 radical (unpaired) electrons. The molecule has 0 amide bonds. The zero-order valence-electron chi connectivity index (χ0n) is 33.4. The third kappa shape index (κ3) is 5.29. The summed E-state index contributed by atoms with van der Waals surface area (Å²) in [5.74, 6) is 0.654. The normalized spacial score (nSPS) is 13.0. The van der Waals surface area contributed by atoms with E-state index in [1.807, 2.05) is 0 Å². The Balaban J connectivity index is 1.13. The molecule has 0 aliphatic heterocycles. The maximum Gasteiger partial charge on any atom is 0.235 e. The molecule has 3 nitrogen and oxygen atoms in total. The smallest absolute Gasteiger partial charge is 0.235 e. The summed E-state index contributed by atoms with van der Waals surface area (Å²) in [5.41, 5.74) is 17.2. The van der Waals surface area contributed by atoms with Crippen LogP contribution in [-0.4, -0.2) is 14.5 Å². The Morgan fingerprint density at radius 2 is 0.933 bits per heavy atom. The van der Waals surface area contributed by atoms with Crippen LogP contribution in [0.4, 0.5) is 0 Å². The van der Waals surface area contributed by atoms with Crippen LogP contribution < -0.4 is 0 Å². The fourth-order valence-corrected chi connectivity index (χ4v) is 9.77. The van der Waals surface area contributed by atoms with Gasteiger partial charge in [-0.05, 0) is 103 Å². The van der Waals surface area contributed by atoms with Crippen LogP contribution in [-0.2, 0) is 5.41 Å². The van der Waals surface area contributed by atoms with Gasteiger partial charge in [0.25, 0.3) is 0 Å². The van der Waals surface area contributed by atoms with Gasteiger partial charge in [-0.3, -0.25) is 4.57 Å². The van der Waals surface area contributed by atoms with E-state index in [0.717, 1.165) is 44.3 Å². The van der Waals surface area contributed by atoms with Crippen molar-refractivity contribution < 1.29 is 0 Å². The van der Waals surface area contributed by atoms with Gasteiger partial charge in [-0.15, -0.1) is 0 Å². The Hall–Kier alpha value is -7.62. The van der Waals surface area contributed by atoms with Crippen molar-refractivity contribution in [1.82, 2.24) is 14.5 Å². The van der Waals surface area contributed by atoms with E-state index >= 15 is 0 Å². The van der Waals surface area contributed by atoms with E-state index in [-0.39, 0.29) is 5.41 Å². The van der Waals surface area contributed by atoms with Gasteiger partial charge in [0.1, 0.15) is 0 Å². The number of benzene rings is 9. The summed E-state index contributed by atoms with van der Waals surface area (Å²) in [6, 6.07) is 72.5. The van der Waals surface area contributed by atoms with Gasteiger partial charge in [-0.2, -0.15) is 0 Å². The molecule has 282 valence electrons. The molecule has 0 bridgehead atoms. The molecule has 0 saturated heterocycles. The van der Waals surface area contributed by atoms with Gasteiger partial charge < -0.3 is 0 Å². The second-order valence-corrected chi connectivity index (χ2v) is 16.6. The number of hydrogen-bond acceptors (Lipinski definition) is 2. The second-order valence-electron chi connectivity index (χ2n) is 16.6. The predicted octanol–water partition coefficient (Wildman–Crippen LogP) is 14.9. The van der Waals surface area contributed by atoms with E-state index in [1.165, 1.54) is 66.1 Å². The average molecular weight is 766 g/mol. The molecule has 1 aliphatic rings. The van der Waals surface area contributed by atoms with Crippen LogP contribution in [0.25, 0.3) is 105 Å². The minimum Gasteiger partial charge on any atom is -0.278 e. The number of fused-ring (bicyclic) bond motifs is 8. The Morgan fingerprint density at radius 1 is 0.383 bits per heavy atom. The number of hydrogen-bond donors (Lipinski definition) is 0. The number of rotatable bonds is 5. The van der Waals surface area contributed by atoms with Crippen LogP contribution in [0.5, 0.6) is 0 Å². The molecular weight excluding hydrogens is 727 g/mol. The summed E-state index contributed by atoms with van der Waals surface area (Å²) in [6.45, 7) is 4.68. The van der Waals surface area contributed by atoms with Crippen molar-refractivity contribution in [2.24, 2.45) is 0 Å². The van der Waals surface area contributed by atoms with Crippen LogP contribution in [0.2, 0.25) is 0 Å². The summed E-state index contributed by atoms with van der Waals surface area (Å²) in [5, 5.41) is 5.75. The molecule has 0 spiro atoms. The van der Waals surface area contributed by atoms with Gasteiger partial charge in [0.2, 0.25) is 5.95 Å². The molecule has 0 fully saturated rings. The molecule has 12 rings (SSSR count). The lowest BCUT2D eigenvalue weighted by atomic mass is 9.82. The zero-order valence-corrected chi connectivity index (χ0v) is 33.4. The lowest BCUT2D eigenvalue weighted by molar-refractivity contribution is 0.660. The first-order valence-electron chi connectivity index (χ1n) is 20.7. The van der Waals surface area contributed by atoms with Crippen LogP contribution in [0.3, 0.4) is 0 Å². The third-order valence-electron chi connectivity index (χ3n) is 12.8. The highest BCUT2D eigenvalue weighted by molar-refractivity contribution is 6.14. The summed E-state index contributed by atoms with van der Waals surface area (Å²) in [7, 11) is 0. The van der Waals surface area contributed by atoms with E-state index in [0.29, 0.717) is 5.95 Å². The molecule has 9 aromatic carbocycles. The van der Waals surface area contributed by atoms with Crippen molar-refractivity contribution in [1.29, 1.82) is 0 Å². The molecule has 0 N–H and O–H groups in total. The van der Waals surface area contributed by atoms with Crippen LogP contribution in [0.1, 0.15) is 25.0 Å². The molecule has 2 aromatic heterocycles. The maximum absolute atomic E-state index is 5.67. The van der Waals surface area contributed by atoms with Crippen LogP contribution in [0.15, 0.2) is 200 Å². The predicted molar refractivity (Wildman–Crippen MR) is 251 cm³/mol. The van der Waals surface area contributed by atoms with Crippen molar-refractivity contribution in [2.45, 2.75) is 19.3 Å². The Bertz CT molecular complexity index is 3490. The molecule has 3 heteroatoms. The van der Waals surface area contributed by atoms with Crippen molar-refractivity contribution in [3.05, 3.63) is 211 Å². The van der Waals surface area contributed by atoms with Gasteiger partial charge in [0.05, 0.1) is 22.2 Å². The minimum atomic E-state index is -0.137. The molecule has 1 aliphatic carbocycles. The first-order chi connectivity index (χ1) is 29.5. The minimum absolute atomic E-state index is 0.137. The molecule has 0 unspecified atom stereocenters. The molecule has 60 heavy (non-hydrogen) atoms. The fourth-order valence-electron chi connectivity index (χ4n) is 9.77. The van der Waals surface area contributed by atoms with Gasteiger partial charge in [0.15, 0.2) is 0 Å². The standard InChI is InChI=1S/C57H39N3/c1-57(2)49-22-12-11-20-44(49)54-46(21-13-23-50(54)57)55-45-30-28-43(37-16-7-4-8-17-37)34-51(45)58-56(59-55)60-52-31-29-42(39-26-24-38(25-27-39)36-14-5-3-6-15-36)33-47(52)48-32-40-18-9-10-19-41(40)35-53(48)60/h3-35H,1-2H3.